The molecule has 1 aromatic rings. The van der Waals surface area contributed by atoms with Crippen molar-refractivity contribution in [1.82, 2.24) is 4.72 Å². The second-order valence-corrected chi connectivity index (χ2v) is 6.81. The molecule has 6 nitrogen and oxygen atoms in total. The van der Waals surface area contributed by atoms with Gasteiger partial charge in [-0.25, -0.2) is 13.1 Å². The van der Waals surface area contributed by atoms with Crippen LogP contribution in [-0.2, 0) is 19.6 Å². The van der Waals surface area contributed by atoms with Crippen LogP contribution in [0.1, 0.15) is 6.42 Å². The van der Waals surface area contributed by atoms with Crippen LogP contribution in [0.4, 0.5) is 0 Å². The standard InChI is InChI=1S/C11H10BrNO5S/c12-6-2-1-3-7(4-6)19(17,18)13-10(14)8-5-9(8)11(15)16/h1-4,8-9H,5H2,(H,13,14)(H,15,16)/t8-,9-/m1/s1. The number of benzene rings is 1. The zero-order valence-corrected chi connectivity index (χ0v) is 11.9. The molecule has 0 saturated heterocycles. The highest BCUT2D eigenvalue weighted by molar-refractivity contribution is 9.10. The molecule has 0 aromatic heterocycles. The van der Waals surface area contributed by atoms with E-state index in [4.69, 9.17) is 5.11 Å². The summed E-state index contributed by atoms with van der Waals surface area (Å²) in [6.07, 6.45) is 0.176. The Balaban J connectivity index is 2.11. The van der Waals surface area contributed by atoms with Gasteiger partial charge in [-0.1, -0.05) is 22.0 Å². The molecule has 1 amide bonds. The number of halogens is 1. The normalized spacial score (nSPS) is 21.7. The molecule has 1 fully saturated rings. The Labute approximate surface area is 118 Å². The number of sulfonamides is 1. The number of amides is 1. The lowest BCUT2D eigenvalue weighted by atomic mass is 10.3. The summed E-state index contributed by atoms with van der Waals surface area (Å²) in [5, 5.41) is 8.69. The molecule has 0 unspecified atom stereocenters. The van der Waals surface area contributed by atoms with E-state index in [1.807, 2.05) is 4.72 Å². The fourth-order valence-corrected chi connectivity index (χ4v) is 3.28. The first-order valence-corrected chi connectivity index (χ1v) is 7.64. The highest BCUT2D eigenvalue weighted by Crippen LogP contribution is 2.38. The minimum absolute atomic E-state index is 0.0530. The van der Waals surface area contributed by atoms with E-state index < -0.39 is 33.7 Å². The molecule has 8 heteroatoms. The minimum atomic E-state index is -3.96. The highest BCUT2D eigenvalue weighted by Gasteiger charge is 2.49. The Morgan fingerprint density at radius 2 is 2.00 bits per heavy atom. The van der Waals surface area contributed by atoms with Crippen LogP contribution >= 0.6 is 15.9 Å². The Morgan fingerprint density at radius 3 is 2.53 bits per heavy atom. The Bertz CT molecular complexity index is 642. The highest BCUT2D eigenvalue weighted by atomic mass is 79.9. The summed E-state index contributed by atoms with van der Waals surface area (Å²) in [5.74, 6) is -3.40. The number of hydrogen-bond donors (Lipinski definition) is 2. The molecular formula is C11H10BrNO5S. The molecule has 19 heavy (non-hydrogen) atoms. The predicted octanol–water partition coefficient (Wildman–Crippen LogP) is 0.975. The number of hydrogen-bond acceptors (Lipinski definition) is 4. The molecule has 0 aliphatic heterocycles. The monoisotopic (exact) mass is 347 g/mol. The number of carboxylic acids is 1. The number of rotatable bonds is 4. The maximum absolute atomic E-state index is 11.9. The van der Waals surface area contributed by atoms with Gasteiger partial charge >= 0.3 is 5.97 Å². The average Bonchev–Trinajstić information content (AvgIpc) is 3.08. The van der Waals surface area contributed by atoms with E-state index in [1.165, 1.54) is 18.2 Å². The lowest BCUT2D eigenvalue weighted by Gasteiger charge is -2.06. The lowest BCUT2D eigenvalue weighted by Crippen LogP contribution is -2.32. The largest absolute Gasteiger partial charge is 0.481 e. The average molecular weight is 348 g/mol. The van der Waals surface area contributed by atoms with Crippen LogP contribution in [0.15, 0.2) is 33.6 Å². The molecule has 1 aromatic carbocycles. The van der Waals surface area contributed by atoms with Crippen LogP contribution in [0, 0.1) is 11.8 Å². The maximum atomic E-state index is 11.9. The number of carbonyl (C=O) groups is 2. The molecule has 0 radical (unpaired) electrons. The van der Waals surface area contributed by atoms with Gasteiger partial charge < -0.3 is 5.11 Å². The smallest absolute Gasteiger partial charge is 0.307 e. The van der Waals surface area contributed by atoms with Crippen molar-refractivity contribution in [3.05, 3.63) is 28.7 Å². The lowest BCUT2D eigenvalue weighted by molar-refractivity contribution is -0.140. The fourth-order valence-electron chi connectivity index (χ4n) is 1.66. The van der Waals surface area contributed by atoms with E-state index in [-0.39, 0.29) is 11.3 Å². The van der Waals surface area contributed by atoms with Crippen LogP contribution in [0.5, 0.6) is 0 Å². The van der Waals surface area contributed by atoms with Crippen molar-refractivity contribution in [3.8, 4) is 0 Å². The Kier molecular flexibility index (Phi) is 3.64. The van der Waals surface area contributed by atoms with Crippen molar-refractivity contribution in [2.75, 3.05) is 0 Å². The first-order chi connectivity index (χ1) is 8.81. The fraction of sp³-hybridized carbons (Fsp3) is 0.273. The van der Waals surface area contributed by atoms with Crippen molar-refractivity contribution in [2.24, 2.45) is 11.8 Å². The molecule has 0 spiro atoms. The Hall–Kier alpha value is -1.41. The van der Waals surface area contributed by atoms with E-state index in [2.05, 4.69) is 15.9 Å². The van der Waals surface area contributed by atoms with Crippen LogP contribution in [-0.4, -0.2) is 25.4 Å². The topological polar surface area (TPSA) is 101 Å². The van der Waals surface area contributed by atoms with Gasteiger partial charge in [-0.05, 0) is 24.6 Å². The van der Waals surface area contributed by atoms with Gasteiger partial charge in [0.05, 0.1) is 16.7 Å². The van der Waals surface area contributed by atoms with Crippen molar-refractivity contribution in [2.45, 2.75) is 11.3 Å². The summed E-state index contributed by atoms with van der Waals surface area (Å²) in [6, 6.07) is 5.89. The van der Waals surface area contributed by atoms with Crippen LogP contribution in [0.25, 0.3) is 0 Å². The number of carboxylic acid groups (broad SMARTS) is 1. The zero-order chi connectivity index (χ0) is 14.2. The van der Waals surface area contributed by atoms with Gasteiger partial charge in [0, 0.05) is 4.47 Å². The van der Waals surface area contributed by atoms with E-state index in [1.54, 1.807) is 6.07 Å². The van der Waals surface area contributed by atoms with Gasteiger partial charge in [-0.2, -0.15) is 0 Å². The number of carbonyl (C=O) groups excluding carboxylic acids is 1. The molecule has 2 rings (SSSR count). The first-order valence-electron chi connectivity index (χ1n) is 5.36. The Morgan fingerprint density at radius 1 is 1.32 bits per heavy atom. The second-order valence-electron chi connectivity index (χ2n) is 4.21. The first kappa shape index (κ1) is 14.0. The third-order valence-corrected chi connectivity index (χ3v) is 4.62. The summed E-state index contributed by atoms with van der Waals surface area (Å²) in [7, 11) is -3.96. The van der Waals surface area contributed by atoms with Crippen LogP contribution in [0.2, 0.25) is 0 Å². The van der Waals surface area contributed by atoms with Gasteiger partial charge in [0.15, 0.2) is 0 Å². The summed E-state index contributed by atoms with van der Waals surface area (Å²) in [5.41, 5.74) is 0. The van der Waals surface area contributed by atoms with Gasteiger partial charge in [0.2, 0.25) is 5.91 Å². The third-order valence-electron chi connectivity index (χ3n) is 2.79. The van der Waals surface area contributed by atoms with Gasteiger partial charge in [0.25, 0.3) is 10.0 Å². The van der Waals surface area contributed by atoms with Gasteiger partial charge in [0.1, 0.15) is 0 Å². The third kappa shape index (κ3) is 3.13. The molecule has 1 aliphatic rings. The molecule has 0 bridgehead atoms. The number of nitrogens with one attached hydrogen (secondary N) is 1. The molecular weight excluding hydrogens is 338 g/mol. The molecule has 2 atom stereocenters. The molecule has 102 valence electrons. The zero-order valence-electron chi connectivity index (χ0n) is 9.54. The van der Waals surface area contributed by atoms with Gasteiger partial charge in [-0.3, -0.25) is 9.59 Å². The van der Waals surface area contributed by atoms with Crippen molar-refractivity contribution in [1.29, 1.82) is 0 Å². The predicted molar refractivity (Wildman–Crippen MR) is 68.7 cm³/mol. The molecule has 1 aliphatic carbocycles. The van der Waals surface area contributed by atoms with Gasteiger partial charge in [-0.15, -0.1) is 0 Å². The van der Waals surface area contributed by atoms with Crippen molar-refractivity contribution < 1.29 is 23.1 Å². The molecule has 1 saturated carbocycles. The summed E-state index contributed by atoms with van der Waals surface area (Å²) < 4.78 is 26.3. The SMILES string of the molecule is O=C(O)[C@@H]1C[C@H]1C(=O)NS(=O)(=O)c1cccc(Br)c1. The quantitative estimate of drug-likeness (QED) is 0.845. The van der Waals surface area contributed by atoms with E-state index in [9.17, 15) is 18.0 Å². The van der Waals surface area contributed by atoms with Crippen LogP contribution in [0.3, 0.4) is 0 Å². The van der Waals surface area contributed by atoms with Crippen molar-refractivity contribution >= 4 is 37.8 Å². The van der Waals surface area contributed by atoms with Crippen molar-refractivity contribution in [3.63, 3.8) is 0 Å². The summed E-state index contributed by atoms with van der Waals surface area (Å²) >= 11 is 3.14. The minimum Gasteiger partial charge on any atom is -0.481 e. The van der Waals surface area contributed by atoms with E-state index >= 15 is 0 Å². The second kappa shape index (κ2) is 4.93. The van der Waals surface area contributed by atoms with Crippen LogP contribution < -0.4 is 4.72 Å². The summed E-state index contributed by atoms with van der Waals surface area (Å²) in [6.45, 7) is 0. The van der Waals surface area contributed by atoms with E-state index in [0.717, 1.165) is 0 Å². The molecule has 0 heterocycles. The molecule has 2 N–H and O–H groups in total. The number of aliphatic carboxylic acids is 1. The summed E-state index contributed by atoms with van der Waals surface area (Å²) in [4.78, 5) is 22.2. The van der Waals surface area contributed by atoms with E-state index in [0.29, 0.717) is 4.47 Å². The maximum Gasteiger partial charge on any atom is 0.307 e.